The van der Waals surface area contributed by atoms with Crippen LogP contribution in [-0.4, -0.2) is 25.3 Å². The Labute approximate surface area is 69.2 Å². The van der Waals surface area contributed by atoms with Gasteiger partial charge in [0, 0.05) is 0 Å². The van der Waals surface area contributed by atoms with Gasteiger partial charge in [0.1, 0.15) is 6.04 Å². The van der Waals surface area contributed by atoms with Crippen LogP contribution in [0.1, 0.15) is 6.92 Å². The predicted molar refractivity (Wildman–Crippen MR) is 48.3 cm³/mol. The smallest absolute Gasteiger partial charge is 0.326 e. The van der Waals surface area contributed by atoms with E-state index in [9.17, 15) is 4.79 Å². The van der Waals surface area contributed by atoms with Gasteiger partial charge in [0.2, 0.25) is 0 Å². The lowest BCUT2D eigenvalue weighted by molar-refractivity contribution is -0.140. The molecule has 3 nitrogen and oxygen atoms in total. The summed E-state index contributed by atoms with van der Waals surface area (Å²) in [5.74, 6) is -0.400. The van der Waals surface area contributed by atoms with Crippen LogP contribution in [0.4, 0.5) is 0 Å². The third-order valence-electron chi connectivity index (χ3n) is 1.26. The minimum Gasteiger partial charge on any atom is -0.468 e. The summed E-state index contributed by atoms with van der Waals surface area (Å²) in [6.45, 7) is 1.91. The van der Waals surface area contributed by atoms with Crippen molar-refractivity contribution in [1.29, 1.82) is 0 Å². The van der Waals surface area contributed by atoms with E-state index < -0.39 is 12.0 Å². The number of rotatable bonds is 3. The normalized spacial score (nSPS) is 14.4. The summed E-state index contributed by atoms with van der Waals surface area (Å²) in [6.07, 6.45) is 2.52. The minimum absolute atomic E-state index is 0.400. The monoisotopic (exact) mass is 175 g/mol. The van der Waals surface area contributed by atoms with E-state index in [4.69, 9.17) is 5.73 Å². The first kappa shape index (κ1) is 10.6. The fourth-order valence-corrected chi connectivity index (χ4v) is 0.715. The van der Waals surface area contributed by atoms with Gasteiger partial charge in [-0.05, 0) is 13.1 Å². The topological polar surface area (TPSA) is 52.3 Å². The molecular weight excluding hydrogens is 161 g/mol. The summed E-state index contributed by atoms with van der Waals surface area (Å²) in [5, 5.41) is 0. The van der Waals surface area contributed by atoms with Crippen LogP contribution in [0.5, 0.6) is 0 Å². The molecule has 4 heteroatoms. The molecule has 0 heterocycles. The predicted octanol–water partition coefficient (Wildman–Crippen LogP) is 0.308. The minimum atomic E-state index is -0.624. The number of hydrogen-bond donors (Lipinski definition) is 1. The third kappa shape index (κ3) is 4.12. The van der Waals surface area contributed by atoms with Crippen LogP contribution in [0.25, 0.3) is 0 Å². The SMILES string of the molecule is COC(=O)C(N)C=C(C)CP. The maximum Gasteiger partial charge on any atom is 0.326 e. The lowest BCUT2D eigenvalue weighted by atomic mass is 10.2. The number of ether oxygens (including phenoxy) is 1. The third-order valence-corrected chi connectivity index (χ3v) is 1.90. The lowest BCUT2D eigenvalue weighted by Crippen LogP contribution is -2.29. The van der Waals surface area contributed by atoms with Gasteiger partial charge in [-0.1, -0.05) is 11.6 Å². The van der Waals surface area contributed by atoms with Crippen LogP contribution < -0.4 is 5.73 Å². The van der Waals surface area contributed by atoms with Gasteiger partial charge >= 0.3 is 5.97 Å². The number of methoxy groups -OCH3 is 1. The Morgan fingerprint density at radius 3 is 2.73 bits per heavy atom. The maximum atomic E-state index is 10.8. The fourth-order valence-electron chi connectivity index (χ4n) is 0.579. The summed E-state index contributed by atoms with van der Waals surface area (Å²) < 4.78 is 4.44. The molecule has 2 unspecified atom stereocenters. The molecule has 0 aromatic rings. The van der Waals surface area contributed by atoms with Crippen molar-refractivity contribution in [2.45, 2.75) is 13.0 Å². The second-order valence-electron chi connectivity index (χ2n) is 2.27. The van der Waals surface area contributed by atoms with Crippen LogP contribution >= 0.6 is 9.24 Å². The molecule has 64 valence electrons. The second-order valence-corrected chi connectivity index (χ2v) is 2.67. The van der Waals surface area contributed by atoms with Crippen LogP contribution in [0.2, 0.25) is 0 Å². The molecule has 0 spiro atoms. The summed E-state index contributed by atoms with van der Waals surface area (Å²) in [7, 11) is 3.88. The summed E-state index contributed by atoms with van der Waals surface area (Å²) in [4.78, 5) is 10.8. The van der Waals surface area contributed by atoms with Gasteiger partial charge in [-0.15, -0.1) is 9.24 Å². The van der Waals surface area contributed by atoms with Crippen molar-refractivity contribution in [1.82, 2.24) is 0 Å². The molecule has 0 radical (unpaired) electrons. The van der Waals surface area contributed by atoms with Gasteiger partial charge in [-0.3, -0.25) is 4.79 Å². The molecule has 2 N–H and O–H groups in total. The molecule has 2 atom stereocenters. The molecular formula is C7H14NO2P. The van der Waals surface area contributed by atoms with Crippen molar-refractivity contribution in [3.05, 3.63) is 11.6 Å². The standard InChI is InChI=1S/C7H14NO2P/c1-5(4-11)3-6(8)7(9)10-2/h3,6H,4,8,11H2,1-2H3. The Kier molecular flexibility index (Phi) is 5.08. The zero-order valence-corrected chi connectivity index (χ0v) is 7.99. The van der Waals surface area contributed by atoms with Gasteiger partial charge in [0.25, 0.3) is 0 Å². The average molecular weight is 175 g/mol. The first-order valence-corrected chi connectivity index (χ1v) is 4.14. The fraction of sp³-hybridized carbons (Fsp3) is 0.571. The van der Waals surface area contributed by atoms with E-state index in [1.165, 1.54) is 7.11 Å². The van der Waals surface area contributed by atoms with Crippen molar-refractivity contribution in [2.75, 3.05) is 13.3 Å². The van der Waals surface area contributed by atoms with E-state index in [0.717, 1.165) is 11.7 Å². The molecule has 11 heavy (non-hydrogen) atoms. The zero-order valence-electron chi connectivity index (χ0n) is 6.83. The van der Waals surface area contributed by atoms with Crippen LogP contribution in [0.15, 0.2) is 11.6 Å². The quantitative estimate of drug-likeness (QED) is 0.381. The maximum absolute atomic E-state index is 10.8. The Hall–Kier alpha value is -0.400. The van der Waals surface area contributed by atoms with Gasteiger partial charge in [-0.2, -0.15) is 0 Å². The summed E-state index contributed by atoms with van der Waals surface area (Å²) >= 11 is 0. The second kappa shape index (κ2) is 5.28. The van der Waals surface area contributed by atoms with Crippen molar-refractivity contribution in [3.8, 4) is 0 Å². The molecule has 0 rings (SSSR count). The summed E-state index contributed by atoms with van der Waals surface area (Å²) in [5.41, 5.74) is 6.51. The van der Waals surface area contributed by atoms with Crippen molar-refractivity contribution in [3.63, 3.8) is 0 Å². The Balaban J connectivity index is 4.04. The molecule has 0 aromatic heterocycles. The number of esters is 1. The van der Waals surface area contributed by atoms with E-state index in [2.05, 4.69) is 14.0 Å². The van der Waals surface area contributed by atoms with Gasteiger partial charge < -0.3 is 10.5 Å². The van der Waals surface area contributed by atoms with Crippen molar-refractivity contribution in [2.24, 2.45) is 5.73 Å². The number of hydrogen-bond acceptors (Lipinski definition) is 3. The highest BCUT2D eigenvalue weighted by molar-refractivity contribution is 7.16. The average Bonchev–Trinajstić information content (AvgIpc) is 2.02. The molecule has 0 saturated carbocycles. The van der Waals surface area contributed by atoms with Gasteiger partial charge in [0.15, 0.2) is 0 Å². The molecule has 0 saturated heterocycles. The Bertz CT molecular complexity index is 168. The molecule has 0 bridgehead atoms. The zero-order chi connectivity index (χ0) is 8.85. The number of carbonyl (C=O) groups excluding carboxylic acids is 1. The van der Waals surface area contributed by atoms with E-state index in [1.807, 2.05) is 6.92 Å². The number of allylic oxidation sites excluding steroid dienone is 1. The molecule has 0 aliphatic heterocycles. The highest BCUT2D eigenvalue weighted by atomic mass is 31.0. The van der Waals surface area contributed by atoms with Crippen LogP contribution in [0.3, 0.4) is 0 Å². The first-order chi connectivity index (χ1) is 5.11. The van der Waals surface area contributed by atoms with Crippen LogP contribution in [-0.2, 0) is 9.53 Å². The van der Waals surface area contributed by atoms with Crippen molar-refractivity contribution >= 4 is 15.2 Å². The highest BCUT2D eigenvalue weighted by Crippen LogP contribution is 1.99. The molecule has 0 amide bonds. The summed E-state index contributed by atoms with van der Waals surface area (Å²) in [6, 6.07) is -0.624. The molecule has 0 fully saturated rings. The van der Waals surface area contributed by atoms with Crippen LogP contribution in [0, 0.1) is 0 Å². The van der Waals surface area contributed by atoms with Gasteiger partial charge in [-0.25, -0.2) is 0 Å². The number of carbonyl (C=O) groups is 1. The van der Waals surface area contributed by atoms with E-state index in [1.54, 1.807) is 6.08 Å². The van der Waals surface area contributed by atoms with Gasteiger partial charge in [0.05, 0.1) is 7.11 Å². The Morgan fingerprint density at radius 1 is 1.82 bits per heavy atom. The molecule has 0 aromatic carbocycles. The largest absolute Gasteiger partial charge is 0.468 e. The molecule has 0 aliphatic carbocycles. The number of nitrogens with two attached hydrogens (primary N) is 1. The first-order valence-electron chi connectivity index (χ1n) is 3.32. The highest BCUT2D eigenvalue weighted by Gasteiger charge is 2.09. The van der Waals surface area contributed by atoms with Crippen molar-refractivity contribution < 1.29 is 9.53 Å². The molecule has 0 aliphatic rings. The van der Waals surface area contributed by atoms with E-state index in [0.29, 0.717) is 0 Å². The van der Waals surface area contributed by atoms with E-state index >= 15 is 0 Å². The Morgan fingerprint density at radius 2 is 2.36 bits per heavy atom. The lowest BCUT2D eigenvalue weighted by Gasteiger charge is -2.04. The van der Waals surface area contributed by atoms with E-state index in [-0.39, 0.29) is 0 Å².